The van der Waals surface area contributed by atoms with Crippen molar-refractivity contribution < 1.29 is 24.5 Å². The Bertz CT molecular complexity index is 962. The molecule has 3 aliphatic carbocycles. The van der Waals surface area contributed by atoms with E-state index in [1.54, 1.807) is 31.2 Å². The van der Waals surface area contributed by atoms with Gasteiger partial charge in [-0.25, -0.2) is 4.79 Å². The first-order valence-corrected chi connectivity index (χ1v) is 11.6. The molecular weight excluding hydrogens is 404 g/mol. The maximum absolute atomic E-state index is 13.6. The number of carbonyl (C=O) groups is 2. The first kappa shape index (κ1) is 22.9. The number of allylic oxidation sites excluding steroid dienone is 1. The number of esters is 1. The van der Waals surface area contributed by atoms with Crippen LogP contribution in [-0.2, 0) is 9.53 Å². The number of Topliss-reactive ketones (excluding diaryl/α,β-unsaturated/α-hetero) is 1. The zero-order valence-corrected chi connectivity index (χ0v) is 19.4. The molecule has 0 heterocycles. The number of ketones is 1. The van der Waals surface area contributed by atoms with Crippen LogP contribution in [0.2, 0.25) is 0 Å². The summed E-state index contributed by atoms with van der Waals surface area (Å²) in [6, 6.07) is 8.63. The third kappa shape index (κ3) is 3.65. The Balaban J connectivity index is 1.76. The predicted octanol–water partition coefficient (Wildman–Crippen LogP) is 4.10. The van der Waals surface area contributed by atoms with E-state index in [4.69, 9.17) is 4.74 Å². The molecule has 0 radical (unpaired) electrons. The molecular formula is C27H34O5. The molecule has 172 valence electrons. The summed E-state index contributed by atoms with van der Waals surface area (Å²) in [5.41, 5.74) is -0.214. The molecule has 0 amide bonds. The van der Waals surface area contributed by atoms with Crippen molar-refractivity contribution in [2.75, 3.05) is 0 Å². The van der Waals surface area contributed by atoms with Gasteiger partial charge in [-0.15, -0.1) is 0 Å². The number of rotatable bonds is 2. The molecule has 7 atom stereocenters. The van der Waals surface area contributed by atoms with Crippen LogP contribution in [0.4, 0.5) is 0 Å². The number of hydrogen-bond acceptors (Lipinski definition) is 5. The van der Waals surface area contributed by atoms with Crippen molar-refractivity contribution in [2.24, 2.45) is 29.1 Å². The minimum absolute atomic E-state index is 0.0712. The molecule has 2 N–H and O–H groups in total. The summed E-state index contributed by atoms with van der Waals surface area (Å²) < 4.78 is 5.91. The topological polar surface area (TPSA) is 83.8 Å². The second-order valence-corrected chi connectivity index (χ2v) is 10.6. The molecule has 5 nitrogen and oxygen atoms in total. The largest absolute Gasteiger partial charge is 0.454 e. The van der Waals surface area contributed by atoms with Gasteiger partial charge in [0.1, 0.15) is 11.7 Å². The summed E-state index contributed by atoms with van der Waals surface area (Å²) >= 11 is 0. The fourth-order valence-corrected chi connectivity index (χ4v) is 6.06. The minimum Gasteiger partial charge on any atom is -0.454 e. The Morgan fingerprint density at radius 2 is 1.88 bits per heavy atom. The van der Waals surface area contributed by atoms with Gasteiger partial charge in [-0.3, -0.25) is 4.79 Å². The summed E-state index contributed by atoms with van der Waals surface area (Å²) in [6.07, 6.45) is 1.62. The third-order valence-corrected chi connectivity index (χ3v) is 8.20. The van der Waals surface area contributed by atoms with Crippen molar-refractivity contribution >= 4 is 11.8 Å². The van der Waals surface area contributed by atoms with Crippen LogP contribution in [0.15, 0.2) is 54.1 Å². The van der Waals surface area contributed by atoms with Gasteiger partial charge in [-0.1, -0.05) is 51.6 Å². The lowest BCUT2D eigenvalue weighted by atomic mass is 9.77. The molecule has 0 bridgehead atoms. The van der Waals surface area contributed by atoms with Crippen LogP contribution in [-0.4, -0.2) is 39.8 Å². The number of benzene rings is 1. The van der Waals surface area contributed by atoms with Crippen LogP contribution >= 0.6 is 0 Å². The maximum Gasteiger partial charge on any atom is 0.338 e. The molecule has 0 aromatic heterocycles. The summed E-state index contributed by atoms with van der Waals surface area (Å²) in [4.78, 5) is 26.5. The molecule has 2 saturated carbocycles. The van der Waals surface area contributed by atoms with Crippen LogP contribution in [0, 0.1) is 29.1 Å². The molecule has 5 heteroatoms. The molecule has 0 unspecified atom stereocenters. The number of hydrogen-bond donors (Lipinski definition) is 2. The van der Waals surface area contributed by atoms with Crippen molar-refractivity contribution in [3.63, 3.8) is 0 Å². The number of aliphatic hydroxyl groups excluding tert-OH is 1. The third-order valence-electron chi connectivity index (χ3n) is 8.20. The molecule has 0 aliphatic heterocycles. The van der Waals surface area contributed by atoms with Gasteiger partial charge >= 0.3 is 5.97 Å². The molecule has 0 saturated heterocycles. The zero-order valence-electron chi connectivity index (χ0n) is 19.4. The van der Waals surface area contributed by atoms with E-state index in [0.717, 1.165) is 6.42 Å². The van der Waals surface area contributed by atoms with Crippen molar-refractivity contribution in [1.29, 1.82) is 0 Å². The predicted molar refractivity (Wildman–Crippen MR) is 122 cm³/mol. The quantitative estimate of drug-likeness (QED) is 0.537. The Kier molecular flexibility index (Phi) is 5.71. The van der Waals surface area contributed by atoms with E-state index >= 15 is 0 Å². The standard InChI is InChI=1S/C27H34O5/c1-15-11-12-19-20(26(19,4)5)13-16(2)24(29)27(31)14-17(3)22(28)21(27)23(15)32-25(30)18-9-7-6-8-10-18/h6-10,13,17,19-23,28,31H,1,11-12,14H2,2-5H3/b16-13+/t17-,19-,20+,21+,22-,23-,27+/m0/s1. The van der Waals surface area contributed by atoms with E-state index < -0.39 is 29.7 Å². The molecule has 1 aromatic carbocycles. The lowest BCUT2D eigenvalue weighted by Gasteiger charge is -2.36. The monoisotopic (exact) mass is 438 g/mol. The smallest absolute Gasteiger partial charge is 0.338 e. The Morgan fingerprint density at radius 1 is 1.22 bits per heavy atom. The average molecular weight is 439 g/mol. The fraction of sp³-hybridized carbons (Fsp3) is 0.556. The molecule has 2 fully saturated rings. The van der Waals surface area contributed by atoms with Gasteiger partial charge in [0.15, 0.2) is 5.78 Å². The number of aliphatic hydroxyl groups is 2. The summed E-state index contributed by atoms with van der Waals surface area (Å²) in [5, 5.41) is 22.8. The van der Waals surface area contributed by atoms with Gasteiger partial charge in [0.25, 0.3) is 0 Å². The van der Waals surface area contributed by atoms with Gasteiger partial charge in [-0.2, -0.15) is 0 Å². The normalized spacial score (nSPS) is 40.4. The highest BCUT2D eigenvalue weighted by molar-refractivity contribution is 6.02. The van der Waals surface area contributed by atoms with E-state index in [1.807, 2.05) is 19.1 Å². The highest BCUT2D eigenvalue weighted by Crippen LogP contribution is 2.62. The van der Waals surface area contributed by atoms with E-state index in [0.29, 0.717) is 29.0 Å². The first-order chi connectivity index (χ1) is 15.0. The SMILES string of the molecule is C=C1CC[C@H]2[C@@H](/C=C(\C)C(=O)[C@@]3(O)C[C@H](C)[C@H](O)[C@@H]3[C@H]1OC(=O)c1ccccc1)C2(C)C. The molecule has 3 aliphatic rings. The van der Waals surface area contributed by atoms with Crippen LogP contribution in [0.3, 0.4) is 0 Å². The number of fused-ring (bicyclic) bond motifs is 2. The van der Waals surface area contributed by atoms with Crippen molar-refractivity contribution in [2.45, 2.75) is 64.8 Å². The summed E-state index contributed by atoms with van der Waals surface area (Å²) in [5.74, 6) is -1.57. The molecule has 0 spiro atoms. The van der Waals surface area contributed by atoms with Crippen LogP contribution in [0.5, 0.6) is 0 Å². The summed E-state index contributed by atoms with van der Waals surface area (Å²) in [6.45, 7) is 12.2. The molecule has 32 heavy (non-hydrogen) atoms. The second kappa shape index (κ2) is 7.96. The lowest BCUT2D eigenvalue weighted by molar-refractivity contribution is -0.144. The zero-order chi connectivity index (χ0) is 23.4. The maximum atomic E-state index is 13.6. The first-order valence-electron chi connectivity index (χ1n) is 11.6. The van der Waals surface area contributed by atoms with Crippen molar-refractivity contribution in [1.82, 2.24) is 0 Å². The highest BCUT2D eigenvalue weighted by Gasteiger charge is 2.61. The van der Waals surface area contributed by atoms with Gasteiger partial charge in [0.2, 0.25) is 0 Å². The Labute approximate surface area is 190 Å². The average Bonchev–Trinajstić information content (AvgIpc) is 3.17. The number of ether oxygens (including phenoxy) is 1. The van der Waals surface area contributed by atoms with Crippen molar-refractivity contribution in [3.8, 4) is 0 Å². The fourth-order valence-electron chi connectivity index (χ4n) is 6.06. The van der Waals surface area contributed by atoms with Gasteiger partial charge in [-0.05, 0) is 72.6 Å². The van der Waals surface area contributed by atoms with Crippen molar-refractivity contribution in [3.05, 3.63) is 59.7 Å². The molecule has 4 rings (SSSR count). The van der Waals surface area contributed by atoms with E-state index in [1.165, 1.54) is 0 Å². The van der Waals surface area contributed by atoms with Gasteiger partial charge < -0.3 is 14.9 Å². The number of carbonyl (C=O) groups excluding carboxylic acids is 2. The van der Waals surface area contributed by atoms with E-state index in [-0.39, 0.29) is 29.5 Å². The Hall–Kier alpha value is -2.24. The summed E-state index contributed by atoms with van der Waals surface area (Å²) in [7, 11) is 0. The molecule has 1 aromatic rings. The van der Waals surface area contributed by atoms with Gasteiger partial charge in [0.05, 0.1) is 17.6 Å². The lowest BCUT2D eigenvalue weighted by Crippen LogP contribution is -2.52. The second-order valence-electron chi connectivity index (χ2n) is 10.6. The van der Waals surface area contributed by atoms with E-state index in [2.05, 4.69) is 20.4 Å². The Morgan fingerprint density at radius 3 is 2.53 bits per heavy atom. The van der Waals surface area contributed by atoms with E-state index in [9.17, 15) is 19.8 Å². The van der Waals surface area contributed by atoms with Gasteiger partial charge in [0, 0.05) is 0 Å². The highest BCUT2D eigenvalue weighted by atomic mass is 16.5. The van der Waals surface area contributed by atoms with Crippen LogP contribution in [0.25, 0.3) is 0 Å². The van der Waals surface area contributed by atoms with Crippen LogP contribution in [0.1, 0.15) is 57.3 Å². The van der Waals surface area contributed by atoms with Crippen LogP contribution < -0.4 is 0 Å². The minimum atomic E-state index is -1.82.